The number of halogens is 1. The number of nitrogens with two attached hydrogens (primary N) is 1. The van der Waals surface area contributed by atoms with E-state index in [0.29, 0.717) is 16.9 Å². The van der Waals surface area contributed by atoms with Gasteiger partial charge < -0.3 is 11.1 Å². The SMILES string of the molecule is Cc1ccc(N)c(NC(=O)c2cccc(C)c2I)c1C. The van der Waals surface area contributed by atoms with E-state index in [-0.39, 0.29) is 5.91 Å². The van der Waals surface area contributed by atoms with Crippen LogP contribution < -0.4 is 11.1 Å². The third-order valence-corrected chi connectivity index (χ3v) is 4.87. The number of hydrogen-bond acceptors (Lipinski definition) is 2. The van der Waals surface area contributed by atoms with Crippen molar-refractivity contribution in [1.82, 2.24) is 0 Å². The molecular weight excluding hydrogens is 363 g/mol. The summed E-state index contributed by atoms with van der Waals surface area (Å²) in [7, 11) is 0. The zero-order valence-electron chi connectivity index (χ0n) is 11.8. The third kappa shape index (κ3) is 2.80. The van der Waals surface area contributed by atoms with Crippen LogP contribution in [0, 0.1) is 24.3 Å². The van der Waals surface area contributed by atoms with E-state index in [9.17, 15) is 4.79 Å². The molecule has 0 radical (unpaired) electrons. The predicted molar refractivity (Wildman–Crippen MR) is 92.2 cm³/mol. The zero-order chi connectivity index (χ0) is 14.9. The maximum Gasteiger partial charge on any atom is 0.256 e. The second-order valence-corrected chi connectivity index (χ2v) is 5.94. The fourth-order valence-electron chi connectivity index (χ4n) is 2.01. The van der Waals surface area contributed by atoms with Gasteiger partial charge in [-0.15, -0.1) is 0 Å². The molecule has 0 heterocycles. The highest BCUT2D eigenvalue weighted by Crippen LogP contribution is 2.27. The highest BCUT2D eigenvalue weighted by molar-refractivity contribution is 14.1. The summed E-state index contributed by atoms with van der Waals surface area (Å²) in [5, 5.41) is 2.93. The Labute approximate surface area is 132 Å². The molecule has 104 valence electrons. The number of nitrogen functional groups attached to an aromatic ring is 1. The summed E-state index contributed by atoms with van der Waals surface area (Å²) in [6.07, 6.45) is 0. The number of nitrogens with one attached hydrogen (secondary N) is 1. The summed E-state index contributed by atoms with van der Waals surface area (Å²) in [6.45, 7) is 5.95. The maximum absolute atomic E-state index is 12.4. The molecule has 0 aliphatic carbocycles. The molecule has 0 unspecified atom stereocenters. The van der Waals surface area contributed by atoms with Crippen LogP contribution in [-0.4, -0.2) is 5.91 Å². The standard InChI is InChI=1S/C16H17IN2O/c1-9-7-8-13(18)15(11(9)3)19-16(20)12-6-4-5-10(2)14(12)17/h4-8H,18H2,1-3H3,(H,19,20). The lowest BCUT2D eigenvalue weighted by Crippen LogP contribution is -2.16. The van der Waals surface area contributed by atoms with Gasteiger partial charge in [-0.05, 0) is 72.2 Å². The Hall–Kier alpha value is -1.56. The lowest BCUT2D eigenvalue weighted by molar-refractivity contribution is 0.102. The van der Waals surface area contributed by atoms with Gasteiger partial charge in [0.15, 0.2) is 0 Å². The van der Waals surface area contributed by atoms with Crippen LogP contribution in [0.1, 0.15) is 27.0 Å². The van der Waals surface area contributed by atoms with Crippen molar-refractivity contribution in [2.75, 3.05) is 11.1 Å². The first-order valence-corrected chi connectivity index (χ1v) is 7.42. The largest absolute Gasteiger partial charge is 0.397 e. The van der Waals surface area contributed by atoms with Crippen LogP contribution in [-0.2, 0) is 0 Å². The van der Waals surface area contributed by atoms with E-state index in [1.807, 2.05) is 51.1 Å². The van der Waals surface area contributed by atoms with Gasteiger partial charge in [-0.2, -0.15) is 0 Å². The molecule has 0 aliphatic heterocycles. The van der Waals surface area contributed by atoms with Gasteiger partial charge in [0.25, 0.3) is 5.91 Å². The average Bonchev–Trinajstić information content (AvgIpc) is 2.42. The van der Waals surface area contributed by atoms with Gasteiger partial charge >= 0.3 is 0 Å². The molecule has 2 rings (SSSR count). The van der Waals surface area contributed by atoms with Crippen LogP contribution in [0.4, 0.5) is 11.4 Å². The van der Waals surface area contributed by atoms with Gasteiger partial charge in [-0.25, -0.2) is 0 Å². The summed E-state index contributed by atoms with van der Waals surface area (Å²) in [4.78, 5) is 12.4. The van der Waals surface area contributed by atoms with Crippen molar-refractivity contribution in [2.45, 2.75) is 20.8 Å². The Balaban J connectivity index is 2.38. The van der Waals surface area contributed by atoms with E-state index in [2.05, 4.69) is 27.9 Å². The number of hydrogen-bond donors (Lipinski definition) is 2. The van der Waals surface area contributed by atoms with Crippen LogP contribution in [0.3, 0.4) is 0 Å². The molecule has 0 bridgehead atoms. The van der Waals surface area contributed by atoms with E-state index in [0.717, 1.165) is 20.3 Å². The topological polar surface area (TPSA) is 55.1 Å². The third-order valence-electron chi connectivity index (χ3n) is 3.44. The van der Waals surface area contributed by atoms with Crippen molar-refractivity contribution in [1.29, 1.82) is 0 Å². The number of carbonyl (C=O) groups excluding carboxylic acids is 1. The molecule has 0 spiro atoms. The maximum atomic E-state index is 12.4. The molecule has 0 aromatic heterocycles. The molecule has 2 aromatic rings. The molecule has 2 aromatic carbocycles. The monoisotopic (exact) mass is 380 g/mol. The Morgan fingerprint density at radius 2 is 1.80 bits per heavy atom. The molecule has 0 aliphatic rings. The lowest BCUT2D eigenvalue weighted by atomic mass is 10.1. The quantitative estimate of drug-likeness (QED) is 0.610. The van der Waals surface area contributed by atoms with E-state index in [1.54, 1.807) is 0 Å². The minimum absolute atomic E-state index is 0.126. The van der Waals surface area contributed by atoms with Crippen LogP contribution >= 0.6 is 22.6 Å². The minimum Gasteiger partial charge on any atom is -0.397 e. The van der Waals surface area contributed by atoms with Crippen molar-refractivity contribution in [3.05, 3.63) is 56.2 Å². The first-order valence-electron chi connectivity index (χ1n) is 6.34. The Bertz CT molecular complexity index is 680. The van der Waals surface area contributed by atoms with Gasteiger partial charge in [-0.1, -0.05) is 18.2 Å². The van der Waals surface area contributed by atoms with Crippen LogP contribution in [0.5, 0.6) is 0 Å². The molecule has 1 amide bonds. The lowest BCUT2D eigenvalue weighted by Gasteiger charge is -2.14. The molecule has 0 atom stereocenters. The zero-order valence-corrected chi connectivity index (χ0v) is 13.9. The van der Waals surface area contributed by atoms with Crippen molar-refractivity contribution >= 4 is 39.9 Å². The number of carbonyl (C=O) groups is 1. The van der Waals surface area contributed by atoms with E-state index in [4.69, 9.17) is 5.73 Å². The Kier molecular flexibility index (Phi) is 4.32. The van der Waals surface area contributed by atoms with Crippen molar-refractivity contribution in [3.63, 3.8) is 0 Å². The number of aryl methyl sites for hydroxylation is 2. The molecule has 0 fully saturated rings. The molecular formula is C16H17IN2O. The number of benzene rings is 2. The minimum atomic E-state index is -0.126. The van der Waals surface area contributed by atoms with Gasteiger partial charge in [-0.3, -0.25) is 4.79 Å². The molecule has 3 N–H and O–H groups in total. The van der Waals surface area contributed by atoms with Crippen LogP contribution in [0.25, 0.3) is 0 Å². The average molecular weight is 380 g/mol. The first kappa shape index (κ1) is 14.8. The Morgan fingerprint density at radius 1 is 1.10 bits per heavy atom. The second-order valence-electron chi connectivity index (χ2n) is 4.86. The molecule has 0 saturated carbocycles. The molecule has 0 saturated heterocycles. The number of amides is 1. The van der Waals surface area contributed by atoms with Gasteiger partial charge in [0, 0.05) is 3.57 Å². The van der Waals surface area contributed by atoms with Crippen molar-refractivity contribution in [2.24, 2.45) is 0 Å². The van der Waals surface area contributed by atoms with E-state index >= 15 is 0 Å². The van der Waals surface area contributed by atoms with Gasteiger partial charge in [0.1, 0.15) is 0 Å². The van der Waals surface area contributed by atoms with Crippen molar-refractivity contribution in [3.8, 4) is 0 Å². The number of anilines is 2. The summed E-state index contributed by atoms with van der Waals surface area (Å²) in [5.74, 6) is -0.126. The highest BCUT2D eigenvalue weighted by Gasteiger charge is 2.14. The van der Waals surface area contributed by atoms with E-state index in [1.165, 1.54) is 0 Å². The first-order chi connectivity index (χ1) is 9.41. The van der Waals surface area contributed by atoms with E-state index < -0.39 is 0 Å². The fourth-order valence-corrected chi connectivity index (χ4v) is 2.61. The fraction of sp³-hybridized carbons (Fsp3) is 0.188. The Morgan fingerprint density at radius 3 is 2.50 bits per heavy atom. The summed E-state index contributed by atoms with van der Waals surface area (Å²) in [5.41, 5.74) is 11.1. The van der Waals surface area contributed by atoms with Gasteiger partial charge in [0.05, 0.1) is 16.9 Å². The van der Waals surface area contributed by atoms with Crippen molar-refractivity contribution < 1.29 is 4.79 Å². The molecule has 20 heavy (non-hydrogen) atoms. The molecule has 3 nitrogen and oxygen atoms in total. The van der Waals surface area contributed by atoms with Crippen LogP contribution in [0.15, 0.2) is 30.3 Å². The second kappa shape index (κ2) is 5.83. The summed E-state index contributed by atoms with van der Waals surface area (Å²) < 4.78 is 0.964. The highest BCUT2D eigenvalue weighted by atomic mass is 127. The molecule has 4 heteroatoms. The van der Waals surface area contributed by atoms with Gasteiger partial charge in [0.2, 0.25) is 0 Å². The number of rotatable bonds is 2. The summed E-state index contributed by atoms with van der Waals surface area (Å²) >= 11 is 2.19. The predicted octanol–water partition coefficient (Wildman–Crippen LogP) is 4.05. The smallest absolute Gasteiger partial charge is 0.256 e. The normalized spacial score (nSPS) is 10.4. The van der Waals surface area contributed by atoms with Crippen LogP contribution in [0.2, 0.25) is 0 Å². The summed E-state index contributed by atoms with van der Waals surface area (Å²) in [6, 6.07) is 9.48.